The molecule has 2 nitrogen and oxygen atoms in total. The van der Waals surface area contributed by atoms with E-state index in [9.17, 15) is 5.21 Å². The van der Waals surface area contributed by atoms with Gasteiger partial charge in [0.05, 0.1) is 0 Å². The molecule has 0 saturated heterocycles. The fourth-order valence-electron chi connectivity index (χ4n) is 0.136. The third-order valence-electron chi connectivity index (χ3n) is 0.401. The summed E-state index contributed by atoms with van der Waals surface area (Å²) in [7, 11) is 0. The summed E-state index contributed by atoms with van der Waals surface area (Å²) < 4.78 is 0. The Hall–Kier alpha value is -0.530. The zero-order chi connectivity index (χ0) is 4.99. The molecule has 0 spiro atoms. The maximum atomic E-state index is 9.43. The van der Waals surface area contributed by atoms with Gasteiger partial charge in [0.15, 0.2) is 6.21 Å². The highest BCUT2D eigenvalue weighted by Crippen LogP contribution is 1.77. The molecule has 0 saturated carbocycles. The lowest BCUT2D eigenvalue weighted by molar-refractivity contribution is -0.370. The molecule has 0 aromatic heterocycles. The maximum absolute atomic E-state index is 9.43. The highest BCUT2D eigenvalue weighted by Gasteiger charge is 1.83. The van der Waals surface area contributed by atoms with Crippen LogP contribution < -0.4 is 5.16 Å². The van der Waals surface area contributed by atoms with E-state index in [1.807, 2.05) is 13.8 Å². The van der Waals surface area contributed by atoms with E-state index in [-0.39, 0.29) is 0 Å². The van der Waals surface area contributed by atoms with Crippen molar-refractivity contribution >= 4 is 6.21 Å². The molecule has 0 rings (SSSR count). The molecule has 0 aromatic carbocycles. The number of hydrogen-bond acceptors (Lipinski definition) is 1. The van der Waals surface area contributed by atoms with Gasteiger partial charge in [0, 0.05) is 5.92 Å². The fraction of sp³-hybridized carbons (Fsp3) is 0.750. The summed E-state index contributed by atoms with van der Waals surface area (Å²) >= 11 is 0. The first kappa shape index (κ1) is 5.47. The lowest BCUT2D eigenvalue weighted by atomic mass is 10.3. The van der Waals surface area contributed by atoms with E-state index >= 15 is 0 Å². The second-order valence-electron chi connectivity index (χ2n) is 1.53. The van der Waals surface area contributed by atoms with Gasteiger partial charge < -0.3 is 5.21 Å². The average Bonchev–Trinajstić information content (AvgIpc) is 1.35. The summed E-state index contributed by atoms with van der Waals surface area (Å²) in [6.07, 6.45) is 1.49. The number of hydrogen-bond donors (Lipinski definition) is 1. The van der Waals surface area contributed by atoms with E-state index in [0.717, 1.165) is 0 Å². The Bertz CT molecular complexity index is 49.5. The van der Waals surface area contributed by atoms with E-state index in [0.29, 0.717) is 5.92 Å². The van der Waals surface area contributed by atoms with Crippen LogP contribution in [0.1, 0.15) is 13.8 Å². The predicted octanol–water partition coefficient (Wildman–Crippen LogP) is -0.708. The van der Waals surface area contributed by atoms with Crippen molar-refractivity contribution in [3.05, 3.63) is 5.21 Å². The molecule has 2 heteroatoms. The largest absolute Gasteiger partial charge is 0.626 e. The minimum Gasteiger partial charge on any atom is -0.626 e. The van der Waals surface area contributed by atoms with Gasteiger partial charge in [0.1, 0.15) is 0 Å². The van der Waals surface area contributed by atoms with Gasteiger partial charge in [-0.25, -0.2) is 5.16 Å². The van der Waals surface area contributed by atoms with Gasteiger partial charge in [0.25, 0.3) is 0 Å². The van der Waals surface area contributed by atoms with Crippen LogP contribution in [0.2, 0.25) is 0 Å². The molecule has 0 aromatic rings. The van der Waals surface area contributed by atoms with Crippen molar-refractivity contribution < 1.29 is 5.16 Å². The van der Waals surface area contributed by atoms with E-state index in [1.165, 1.54) is 6.21 Å². The number of rotatable bonds is 1. The van der Waals surface area contributed by atoms with Crippen molar-refractivity contribution in [3.63, 3.8) is 0 Å². The van der Waals surface area contributed by atoms with Gasteiger partial charge in [-0.1, -0.05) is 13.8 Å². The molecule has 0 bridgehead atoms. The first-order valence-corrected chi connectivity index (χ1v) is 1.98. The Balaban J connectivity index is 3.03. The van der Waals surface area contributed by atoms with Crippen LogP contribution in [-0.4, -0.2) is 6.21 Å². The standard InChI is InChI=1S/C4H9NO/c1-4(2)3-5-6/h3-5H,1-2H3. The van der Waals surface area contributed by atoms with Gasteiger partial charge in [-0.05, 0) is 0 Å². The monoisotopic (exact) mass is 87.1 g/mol. The second kappa shape index (κ2) is 2.69. The zero-order valence-corrected chi connectivity index (χ0v) is 4.06. The molecule has 1 N–H and O–H groups in total. The Morgan fingerprint density at radius 1 is 1.67 bits per heavy atom. The highest BCUT2D eigenvalue weighted by atomic mass is 16.4. The van der Waals surface area contributed by atoms with E-state index in [4.69, 9.17) is 0 Å². The minimum absolute atomic E-state index is 0.350. The van der Waals surface area contributed by atoms with Gasteiger partial charge in [-0.3, -0.25) is 0 Å². The fourth-order valence-corrected chi connectivity index (χ4v) is 0.136. The second-order valence-corrected chi connectivity index (χ2v) is 1.53. The summed E-state index contributed by atoms with van der Waals surface area (Å²) in [6.45, 7) is 3.87. The molecule has 0 radical (unpaired) electrons. The van der Waals surface area contributed by atoms with E-state index < -0.39 is 0 Å². The summed E-state index contributed by atoms with van der Waals surface area (Å²) in [6, 6.07) is 0. The maximum Gasteiger partial charge on any atom is 0.151 e. The molecule has 36 valence electrons. The Labute approximate surface area is 37.5 Å². The molecule has 0 aliphatic heterocycles. The van der Waals surface area contributed by atoms with Crippen LogP contribution in [0.25, 0.3) is 0 Å². The highest BCUT2D eigenvalue weighted by molar-refractivity contribution is 5.52. The molecule has 0 atom stereocenters. The topological polar surface area (TPSA) is 37.0 Å². The van der Waals surface area contributed by atoms with Crippen molar-refractivity contribution in [2.24, 2.45) is 5.92 Å². The molecule has 6 heavy (non-hydrogen) atoms. The quantitative estimate of drug-likeness (QED) is 0.256. The lowest BCUT2D eigenvalue weighted by Gasteiger charge is -1.83. The summed E-state index contributed by atoms with van der Waals surface area (Å²) in [5.74, 6) is 0.350. The van der Waals surface area contributed by atoms with Crippen LogP contribution >= 0.6 is 0 Å². The van der Waals surface area contributed by atoms with Crippen LogP contribution in [-0.2, 0) is 0 Å². The molecule has 0 aliphatic carbocycles. The third-order valence-corrected chi connectivity index (χ3v) is 0.401. The third kappa shape index (κ3) is 3.47. The first-order chi connectivity index (χ1) is 2.77. The van der Waals surface area contributed by atoms with Crippen LogP contribution in [0, 0.1) is 11.1 Å². The smallest absolute Gasteiger partial charge is 0.151 e. The molecule has 0 aliphatic rings. The predicted molar refractivity (Wildman–Crippen MR) is 25.2 cm³/mol. The van der Waals surface area contributed by atoms with E-state index in [2.05, 4.69) is 0 Å². The van der Waals surface area contributed by atoms with Gasteiger partial charge in [-0.2, -0.15) is 0 Å². The van der Waals surface area contributed by atoms with Gasteiger partial charge in [0.2, 0.25) is 0 Å². The minimum atomic E-state index is 0.350. The summed E-state index contributed by atoms with van der Waals surface area (Å²) in [5.41, 5.74) is 0. The Kier molecular flexibility index (Phi) is 2.46. The van der Waals surface area contributed by atoms with Crippen molar-refractivity contribution in [2.75, 3.05) is 0 Å². The van der Waals surface area contributed by atoms with Gasteiger partial charge in [-0.15, -0.1) is 0 Å². The van der Waals surface area contributed by atoms with Crippen LogP contribution in [0.5, 0.6) is 0 Å². The van der Waals surface area contributed by atoms with Gasteiger partial charge >= 0.3 is 0 Å². The van der Waals surface area contributed by atoms with Crippen molar-refractivity contribution in [1.82, 2.24) is 0 Å². The number of nitrogens with one attached hydrogen (secondary N) is 1. The van der Waals surface area contributed by atoms with Crippen LogP contribution in [0.3, 0.4) is 0 Å². The molecular formula is C4H9NO. The van der Waals surface area contributed by atoms with Crippen molar-refractivity contribution in [1.29, 1.82) is 0 Å². The Morgan fingerprint density at radius 3 is 2.17 bits per heavy atom. The van der Waals surface area contributed by atoms with Crippen LogP contribution in [0.15, 0.2) is 0 Å². The Morgan fingerprint density at radius 2 is 2.17 bits per heavy atom. The summed E-state index contributed by atoms with van der Waals surface area (Å²) in [5, 5.41) is 11.1. The molecule has 0 unspecified atom stereocenters. The molecule has 0 fully saturated rings. The normalized spacial score (nSPS) is 11.2. The van der Waals surface area contributed by atoms with Crippen molar-refractivity contribution in [2.45, 2.75) is 13.8 Å². The SMILES string of the molecule is CC(C)C=[NH+][O-]. The summed E-state index contributed by atoms with van der Waals surface area (Å²) in [4.78, 5) is 0. The lowest BCUT2D eigenvalue weighted by Crippen LogP contribution is -2.61. The molecule has 0 heterocycles. The van der Waals surface area contributed by atoms with Crippen LogP contribution in [0.4, 0.5) is 0 Å². The molecule has 0 amide bonds. The zero-order valence-electron chi connectivity index (χ0n) is 4.06. The van der Waals surface area contributed by atoms with E-state index in [1.54, 1.807) is 5.16 Å². The molecular weight excluding hydrogens is 78.0 g/mol. The first-order valence-electron chi connectivity index (χ1n) is 1.98. The average molecular weight is 87.1 g/mol. The van der Waals surface area contributed by atoms with Crippen molar-refractivity contribution in [3.8, 4) is 0 Å².